The Labute approximate surface area is 97.0 Å². The summed E-state index contributed by atoms with van der Waals surface area (Å²) in [7, 11) is 0. The number of anilines is 1. The minimum atomic E-state index is -0.0514. The van der Waals surface area contributed by atoms with Crippen molar-refractivity contribution in [1.29, 1.82) is 0 Å². The number of carbonyl (C=O) groups is 1. The summed E-state index contributed by atoms with van der Waals surface area (Å²) in [5.41, 5.74) is 7.20. The molecule has 1 aromatic rings. The van der Waals surface area contributed by atoms with Crippen LogP contribution in [0.15, 0.2) is 24.3 Å². The van der Waals surface area contributed by atoms with Gasteiger partial charge in [-0.15, -0.1) is 0 Å². The van der Waals surface area contributed by atoms with Gasteiger partial charge in [-0.2, -0.15) is 0 Å². The highest BCUT2D eigenvalue weighted by Crippen LogP contribution is 2.18. The fourth-order valence-electron chi connectivity index (χ4n) is 1.63. The van der Waals surface area contributed by atoms with Crippen molar-refractivity contribution in [3.63, 3.8) is 0 Å². The second-order valence-corrected chi connectivity index (χ2v) is 4.68. The van der Waals surface area contributed by atoms with E-state index in [9.17, 15) is 4.79 Å². The predicted octanol–water partition coefficient (Wildman–Crippen LogP) is 2.43. The summed E-state index contributed by atoms with van der Waals surface area (Å²) in [6, 6.07) is 7.55. The van der Waals surface area contributed by atoms with E-state index in [-0.39, 0.29) is 11.3 Å². The van der Waals surface area contributed by atoms with Gasteiger partial charge >= 0.3 is 0 Å². The Kier molecular flexibility index (Phi) is 4.07. The fraction of sp³-hybridized carbons (Fsp3) is 0.462. The lowest BCUT2D eigenvalue weighted by atomic mass is 10.00. The van der Waals surface area contributed by atoms with E-state index < -0.39 is 0 Å². The topological polar surface area (TPSA) is 55.1 Å². The predicted molar refractivity (Wildman–Crippen MR) is 67.8 cm³/mol. The molecule has 88 valence electrons. The van der Waals surface area contributed by atoms with Gasteiger partial charge in [-0.05, 0) is 45.9 Å². The molecule has 0 aliphatic carbocycles. The molecule has 0 amide bonds. The smallest absolute Gasteiger partial charge is 0.159 e. The highest BCUT2D eigenvalue weighted by molar-refractivity contribution is 5.94. The molecule has 0 bridgehead atoms. The first-order valence-corrected chi connectivity index (χ1v) is 5.54. The van der Waals surface area contributed by atoms with Crippen LogP contribution in [0.3, 0.4) is 0 Å². The van der Waals surface area contributed by atoms with Crippen LogP contribution in [0, 0.1) is 0 Å². The van der Waals surface area contributed by atoms with Crippen molar-refractivity contribution in [2.45, 2.75) is 32.7 Å². The minimum Gasteiger partial charge on any atom is -0.380 e. The zero-order valence-electron chi connectivity index (χ0n) is 10.2. The number of Topliss-reactive ketones (excluding diaryl/α,β-unsaturated/α-hetero) is 1. The molecule has 0 unspecified atom stereocenters. The molecule has 0 fully saturated rings. The van der Waals surface area contributed by atoms with E-state index in [1.54, 1.807) is 6.92 Å². The van der Waals surface area contributed by atoms with Crippen molar-refractivity contribution in [2.24, 2.45) is 5.73 Å². The summed E-state index contributed by atoms with van der Waals surface area (Å²) in [4.78, 5) is 11.2. The maximum Gasteiger partial charge on any atom is 0.159 e. The van der Waals surface area contributed by atoms with Crippen LogP contribution in [0.4, 0.5) is 5.69 Å². The van der Waals surface area contributed by atoms with E-state index >= 15 is 0 Å². The summed E-state index contributed by atoms with van der Waals surface area (Å²) in [5, 5.41) is 3.38. The molecule has 3 heteroatoms. The van der Waals surface area contributed by atoms with E-state index in [0.29, 0.717) is 6.54 Å². The first kappa shape index (κ1) is 12.7. The molecule has 0 spiro atoms. The Morgan fingerprint density at radius 1 is 1.44 bits per heavy atom. The Balaban J connectivity index is 2.81. The molecule has 0 saturated carbocycles. The highest BCUT2D eigenvalue weighted by atomic mass is 16.1. The first-order chi connectivity index (χ1) is 7.44. The number of hydrogen-bond donors (Lipinski definition) is 2. The van der Waals surface area contributed by atoms with Crippen molar-refractivity contribution in [3.8, 4) is 0 Å². The Hall–Kier alpha value is -1.35. The molecule has 3 nitrogen and oxygen atoms in total. The lowest BCUT2D eigenvalue weighted by Crippen LogP contribution is -2.33. The Morgan fingerprint density at radius 2 is 2.12 bits per heavy atom. The van der Waals surface area contributed by atoms with Crippen LogP contribution in [-0.2, 0) is 0 Å². The monoisotopic (exact) mass is 220 g/mol. The maximum atomic E-state index is 11.2. The van der Waals surface area contributed by atoms with Crippen molar-refractivity contribution in [1.82, 2.24) is 0 Å². The van der Waals surface area contributed by atoms with Gasteiger partial charge in [0, 0.05) is 16.8 Å². The van der Waals surface area contributed by atoms with Gasteiger partial charge in [0.25, 0.3) is 0 Å². The second-order valence-electron chi connectivity index (χ2n) is 4.68. The van der Waals surface area contributed by atoms with Crippen molar-refractivity contribution in [2.75, 3.05) is 11.9 Å². The van der Waals surface area contributed by atoms with Crippen LogP contribution in [0.25, 0.3) is 0 Å². The van der Waals surface area contributed by atoms with Crippen molar-refractivity contribution >= 4 is 11.5 Å². The van der Waals surface area contributed by atoms with Gasteiger partial charge in [0.15, 0.2) is 5.78 Å². The normalized spacial score (nSPS) is 11.2. The van der Waals surface area contributed by atoms with Crippen LogP contribution in [0.1, 0.15) is 37.6 Å². The summed E-state index contributed by atoms with van der Waals surface area (Å²) in [5.74, 6) is 0.0836. The number of hydrogen-bond acceptors (Lipinski definition) is 3. The second kappa shape index (κ2) is 5.12. The molecule has 1 rings (SSSR count). The first-order valence-electron chi connectivity index (χ1n) is 5.54. The van der Waals surface area contributed by atoms with E-state index in [1.807, 2.05) is 24.3 Å². The van der Waals surface area contributed by atoms with Gasteiger partial charge in [-0.25, -0.2) is 0 Å². The van der Waals surface area contributed by atoms with Gasteiger partial charge in [-0.1, -0.05) is 12.1 Å². The number of nitrogens with two attached hydrogens (primary N) is 1. The molecule has 0 atom stereocenters. The quantitative estimate of drug-likeness (QED) is 0.749. The van der Waals surface area contributed by atoms with Crippen LogP contribution >= 0.6 is 0 Å². The summed E-state index contributed by atoms with van der Waals surface area (Å²) in [6.07, 6.45) is 0.886. The number of ketones is 1. The van der Waals surface area contributed by atoms with Gasteiger partial charge < -0.3 is 11.1 Å². The van der Waals surface area contributed by atoms with Gasteiger partial charge in [0.05, 0.1) is 0 Å². The SMILES string of the molecule is CC(=O)c1cccc(NC(C)(C)CCN)c1. The van der Waals surface area contributed by atoms with Crippen molar-refractivity contribution in [3.05, 3.63) is 29.8 Å². The molecule has 0 aliphatic heterocycles. The highest BCUT2D eigenvalue weighted by Gasteiger charge is 2.16. The molecular weight excluding hydrogens is 200 g/mol. The Morgan fingerprint density at radius 3 is 2.69 bits per heavy atom. The third-order valence-corrected chi connectivity index (χ3v) is 2.52. The molecule has 0 aliphatic rings. The maximum absolute atomic E-state index is 11.2. The molecule has 0 heterocycles. The van der Waals surface area contributed by atoms with Crippen LogP contribution in [-0.4, -0.2) is 17.9 Å². The van der Waals surface area contributed by atoms with Gasteiger partial charge in [-0.3, -0.25) is 4.79 Å². The lowest BCUT2D eigenvalue weighted by molar-refractivity contribution is 0.101. The molecule has 3 N–H and O–H groups in total. The number of rotatable bonds is 5. The largest absolute Gasteiger partial charge is 0.380 e. The number of carbonyl (C=O) groups excluding carboxylic acids is 1. The summed E-state index contributed by atoms with van der Waals surface area (Å²) >= 11 is 0. The lowest BCUT2D eigenvalue weighted by Gasteiger charge is -2.27. The van der Waals surface area contributed by atoms with Gasteiger partial charge in [0.2, 0.25) is 0 Å². The van der Waals surface area contributed by atoms with E-state index in [1.165, 1.54) is 0 Å². The van der Waals surface area contributed by atoms with Gasteiger partial charge in [0.1, 0.15) is 0 Å². The molecule has 0 aromatic heterocycles. The molecule has 1 aromatic carbocycles. The molecular formula is C13H20N2O. The zero-order chi connectivity index (χ0) is 12.2. The van der Waals surface area contributed by atoms with E-state index in [4.69, 9.17) is 5.73 Å². The fourth-order valence-corrected chi connectivity index (χ4v) is 1.63. The molecule has 0 radical (unpaired) electrons. The minimum absolute atomic E-state index is 0.0514. The van der Waals surface area contributed by atoms with Crippen LogP contribution in [0.5, 0.6) is 0 Å². The molecule has 16 heavy (non-hydrogen) atoms. The zero-order valence-corrected chi connectivity index (χ0v) is 10.2. The van der Waals surface area contributed by atoms with E-state index in [2.05, 4.69) is 19.2 Å². The van der Waals surface area contributed by atoms with E-state index in [0.717, 1.165) is 17.7 Å². The number of benzene rings is 1. The standard InChI is InChI=1S/C13H20N2O/c1-10(16)11-5-4-6-12(9-11)15-13(2,3)7-8-14/h4-6,9,15H,7-8,14H2,1-3H3. The third-order valence-electron chi connectivity index (χ3n) is 2.52. The average Bonchev–Trinajstić information content (AvgIpc) is 2.17. The summed E-state index contributed by atoms with van der Waals surface area (Å²) in [6.45, 7) is 6.41. The number of nitrogens with one attached hydrogen (secondary N) is 1. The summed E-state index contributed by atoms with van der Waals surface area (Å²) < 4.78 is 0. The Bertz CT molecular complexity index is 372. The van der Waals surface area contributed by atoms with Crippen molar-refractivity contribution < 1.29 is 4.79 Å². The molecule has 0 saturated heterocycles. The third kappa shape index (κ3) is 3.66. The van der Waals surface area contributed by atoms with Crippen LogP contribution < -0.4 is 11.1 Å². The van der Waals surface area contributed by atoms with Crippen LogP contribution in [0.2, 0.25) is 0 Å². The average molecular weight is 220 g/mol.